The maximum Gasteiger partial charge on any atom is 0.326 e. The third-order valence-electron chi connectivity index (χ3n) is 3.65. The number of hydrogen-bond acceptors (Lipinski definition) is 5. The normalized spacial score (nSPS) is 25.0. The zero-order valence-corrected chi connectivity index (χ0v) is 14.8. The van der Waals surface area contributed by atoms with Gasteiger partial charge in [0.2, 0.25) is 0 Å². The molecule has 1 aromatic heterocycles. The molecular weight excluding hydrogens is 352 g/mol. The lowest BCUT2D eigenvalue weighted by atomic mass is 9.98. The second kappa shape index (κ2) is 7.61. The summed E-state index contributed by atoms with van der Waals surface area (Å²) in [5.41, 5.74) is -0.524. The predicted octanol–water partition coefficient (Wildman–Crippen LogP) is 3.40. The van der Waals surface area contributed by atoms with Gasteiger partial charge >= 0.3 is 5.97 Å². The van der Waals surface area contributed by atoms with Gasteiger partial charge in [-0.3, -0.25) is 4.79 Å². The summed E-state index contributed by atoms with van der Waals surface area (Å²) in [7, 11) is 0. The second-order valence-electron chi connectivity index (χ2n) is 5.11. The van der Waals surface area contributed by atoms with Gasteiger partial charge in [0.1, 0.15) is 10.6 Å². The van der Waals surface area contributed by atoms with Gasteiger partial charge in [0.15, 0.2) is 0 Å². The number of ether oxygens (including phenoxy) is 1. The lowest BCUT2D eigenvalue weighted by Crippen LogP contribution is -2.51. The smallest absolute Gasteiger partial charge is 0.326 e. The van der Waals surface area contributed by atoms with Gasteiger partial charge in [-0.15, -0.1) is 11.8 Å². The van der Waals surface area contributed by atoms with Crippen LogP contribution in [0.2, 0.25) is 0 Å². The van der Waals surface area contributed by atoms with E-state index in [1.165, 1.54) is 0 Å². The van der Waals surface area contributed by atoms with E-state index in [1.54, 1.807) is 18.0 Å². The Morgan fingerprint density at radius 2 is 2.43 bits per heavy atom. The van der Waals surface area contributed by atoms with E-state index in [-0.39, 0.29) is 5.97 Å². The van der Waals surface area contributed by atoms with Gasteiger partial charge in [-0.1, -0.05) is 6.92 Å². The summed E-state index contributed by atoms with van der Waals surface area (Å²) < 4.78 is 6.27. The van der Waals surface area contributed by atoms with Crippen molar-refractivity contribution < 1.29 is 9.53 Å². The Morgan fingerprint density at radius 3 is 3.10 bits per heavy atom. The molecule has 1 saturated carbocycles. The van der Waals surface area contributed by atoms with Crippen LogP contribution >= 0.6 is 27.7 Å². The van der Waals surface area contributed by atoms with E-state index in [4.69, 9.17) is 4.74 Å². The monoisotopic (exact) mass is 372 g/mol. The lowest BCUT2D eigenvalue weighted by Gasteiger charge is -2.27. The van der Waals surface area contributed by atoms with Crippen LogP contribution < -0.4 is 5.32 Å². The van der Waals surface area contributed by atoms with Crippen LogP contribution in [-0.4, -0.2) is 34.9 Å². The molecule has 1 aromatic rings. The molecule has 4 nitrogen and oxygen atoms in total. The fourth-order valence-corrected chi connectivity index (χ4v) is 4.50. The molecule has 0 spiro atoms. The van der Waals surface area contributed by atoms with Crippen LogP contribution in [0.15, 0.2) is 27.8 Å². The molecule has 0 aliphatic heterocycles. The molecule has 2 atom stereocenters. The predicted molar refractivity (Wildman–Crippen MR) is 88.5 cm³/mol. The van der Waals surface area contributed by atoms with Gasteiger partial charge in [0.05, 0.1) is 6.61 Å². The van der Waals surface area contributed by atoms with Gasteiger partial charge in [-0.25, -0.2) is 4.98 Å². The quantitative estimate of drug-likeness (QED) is 0.775. The first kappa shape index (κ1) is 16.8. The molecule has 1 aliphatic carbocycles. The number of halogens is 1. The van der Waals surface area contributed by atoms with Crippen molar-refractivity contribution in [2.45, 2.75) is 48.9 Å². The van der Waals surface area contributed by atoms with Crippen molar-refractivity contribution in [3.63, 3.8) is 0 Å². The van der Waals surface area contributed by atoms with Crippen LogP contribution in [-0.2, 0) is 9.53 Å². The molecular formula is C15H21BrN2O2S. The first-order valence-corrected chi connectivity index (χ1v) is 8.98. The summed E-state index contributed by atoms with van der Waals surface area (Å²) in [6.07, 6.45) is 4.39. The topological polar surface area (TPSA) is 51.2 Å². The van der Waals surface area contributed by atoms with E-state index < -0.39 is 5.54 Å². The summed E-state index contributed by atoms with van der Waals surface area (Å²) >= 11 is 5.26. The number of thioether (sulfide) groups is 1. The molecule has 1 N–H and O–H groups in total. The molecule has 0 bridgehead atoms. The van der Waals surface area contributed by atoms with Gasteiger partial charge in [-0.2, -0.15) is 0 Å². The van der Waals surface area contributed by atoms with Crippen molar-refractivity contribution in [1.82, 2.24) is 10.3 Å². The fraction of sp³-hybridized carbons (Fsp3) is 0.600. The summed E-state index contributed by atoms with van der Waals surface area (Å²) in [6, 6.07) is 3.90. The van der Waals surface area contributed by atoms with Gasteiger partial charge < -0.3 is 10.1 Å². The van der Waals surface area contributed by atoms with E-state index in [1.807, 2.05) is 26.0 Å². The van der Waals surface area contributed by atoms with E-state index in [2.05, 4.69) is 26.2 Å². The number of aromatic nitrogens is 1. The first-order chi connectivity index (χ1) is 10.1. The maximum atomic E-state index is 12.3. The molecule has 2 rings (SSSR count). The standard InChI is InChI=1S/C15H21BrN2O2S/c1-3-18-15(14(19)20-4-2)8-7-11(10-15)21-13-12(16)6-5-9-17-13/h5-6,9,11,18H,3-4,7-8,10H2,1-2H3. The minimum Gasteiger partial charge on any atom is -0.465 e. The molecule has 116 valence electrons. The van der Waals surface area contributed by atoms with E-state index >= 15 is 0 Å². The van der Waals surface area contributed by atoms with Crippen LogP contribution in [0, 0.1) is 0 Å². The molecule has 1 aliphatic rings. The van der Waals surface area contributed by atoms with Gasteiger partial charge in [-0.05, 0) is 60.8 Å². The molecule has 0 radical (unpaired) electrons. The number of esters is 1. The third-order valence-corrected chi connectivity index (χ3v) is 5.84. The molecule has 0 saturated heterocycles. The van der Waals surface area contributed by atoms with Crippen LogP contribution in [0.5, 0.6) is 0 Å². The molecule has 0 amide bonds. The first-order valence-electron chi connectivity index (χ1n) is 7.30. The number of nitrogens with one attached hydrogen (secondary N) is 1. The van der Waals surface area contributed by atoms with Crippen molar-refractivity contribution >= 4 is 33.7 Å². The zero-order chi connectivity index (χ0) is 15.3. The van der Waals surface area contributed by atoms with Gasteiger partial charge in [0, 0.05) is 15.9 Å². The molecule has 1 fully saturated rings. The van der Waals surface area contributed by atoms with Crippen molar-refractivity contribution in [2.24, 2.45) is 0 Å². The summed E-state index contributed by atoms with van der Waals surface area (Å²) in [5, 5.41) is 4.71. The highest BCUT2D eigenvalue weighted by molar-refractivity contribution is 9.10. The van der Waals surface area contributed by atoms with Crippen molar-refractivity contribution in [1.29, 1.82) is 0 Å². The number of nitrogens with zero attached hydrogens (tertiary/aromatic N) is 1. The Hall–Kier alpha value is -0.590. The number of carbonyl (C=O) groups excluding carboxylic acids is 1. The summed E-state index contributed by atoms with van der Waals surface area (Å²) in [6.45, 7) is 5.07. The Bertz CT molecular complexity index is 500. The average molecular weight is 373 g/mol. The Kier molecular flexibility index (Phi) is 6.08. The Balaban J connectivity index is 2.06. The highest BCUT2D eigenvalue weighted by Gasteiger charge is 2.46. The third kappa shape index (κ3) is 3.99. The minimum absolute atomic E-state index is 0.116. The zero-order valence-electron chi connectivity index (χ0n) is 12.4. The molecule has 1 heterocycles. The Morgan fingerprint density at radius 1 is 1.62 bits per heavy atom. The van der Waals surface area contributed by atoms with E-state index in [0.29, 0.717) is 11.9 Å². The van der Waals surface area contributed by atoms with Crippen LogP contribution in [0.1, 0.15) is 33.1 Å². The molecule has 2 unspecified atom stereocenters. The highest BCUT2D eigenvalue weighted by Crippen LogP contribution is 2.41. The number of pyridine rings is 1. The molecule has 21 heavy (non-hydrogen) atoms. The van der Waals surface area contributed by atoms with Crippen LogP contribution in [0.4, 0.5) is 0 Å². The SMILES string of the molecule is CCNC1(C(=O)OCC)CCC(Sc2ncccc2Br)C1. The lowest BCUT2D eigenvalue weighted by molar-refractivity contribution is -0.151. The Labute approximate surface area is 138 Å². The number of rotatable bonds is 6. The van der Waals surface area contributed by atoms with Crippen molar-refractivity contribution in [2.75, 3.05) is 13.2 Å². The second-order valence-corrected chi connectivity index (χ2v) is 7.25. The fourth-order valence-electron chi connectivity index (χ4n) is 2.74. The maximum absolute atomic E-state index is 12.3. The van der Waals surface area contributed by atoms with Gasteiger partial charge in [0.25, 0.3) is 0 Å². The van der Waals surface area contributed by atoms with Crippen LogP contribution in [0.25, 0.3) is 0 Å². The molecule has 6 heteroatoms. The largest absolute Gasteiger partial charge is 0.465 e. The number of likely N-dealkylation sites (N-methyl/N-ethyl adjacent to an activating group) is 1. The molecule has 0 aromatic carbocycles. The van der Waals surface area contributed by atoms with Crippen LogP contribution in [0.3, 0.4) is 0 Å². The van der Waals surface area contributed by atoms with Crippen molar-refractivity contribution in [3.8, 4) is 0 Å². The summed E-state index contributed by atoms with van der Waals surface area (Å²) in [5.74, 6) is -0.116. The number of hydrogen-bond donors (Lipinski definition) is 1. The van der Waals surface area contributed by atoms with E-state index in [0.717, 1.165) is 35.3 Å². The van der Waals surface area contributed by atoms with Crippen molar-refractivity contribution in [3.05, 3.63) is 22.8 Å². The highest BCUT2D eigenvalue weighted by atomic mass is 79.9. The summed E-state index contributed by atoms with van der Waals surface area (Å²) in [4.78, 5) is 16.7. The number of carbonyl (C=O) groups is 1. The van der Waals surface area contributed by atoms with E-state index in [9.17, 15) is 4.79 Å². The average Bonchev–Trinajstić information content (AvgIpc) is 2.87. The minimum atomic E-state index is -0.524.